The Kier molecular flexibility index (Phi) is 5.44. The van der Waals surface area contributed by atoms with Gasteiger partial charge >= 0.3 is 0 Å². The number of carbonyl (C=O) groups excluding carboxylic acids is 1. The lowest BCUT2D eigenvalue weighted by molar-refractivity contribution is 0.102. The fourth-order valence-electron chi connectivity index (χ4n) is 3.60. The Morgan fingerprint density at radius 2 is 1.61 bits per heavy atom. The van der Waals surface area contributed by atoms with E-state index in [0.717, 1.165) is 16.8 Å². The van der Waals surface area contributed by atoms with Crippen LogP contribution in [0.2, 0.25) is 0 Å². The number of benzene rings is 3. The van der Waals surface area contributed by atoms with Crippen LogP contribution >= 0.6 is 0 Å². The van der Waals surface area contributed by atoms with Gasteiger partial charge in [0.1, 0.15) is 13.2 Å². The molecule has 1 aliphatic rings. The minimum Gasteiger partial charge on any atom is -0.486 e. The van der Waals surface area contributed by atoms with Crippen molar-refractivity contribution < 1.29 is 18.7 Å². The summed E-state index contributed by atoms with van der Waals surface area (Å²) in [5.74, 6) is 1.69. The Hall–Kier alpha value is -4.26. The van der Waals surface area contributed by atoms with Gasteiger partial charge in [-0.25, -0.2) is 4.98 Å². The van der Waals surface area contributed by atoms with Gasteiger partial charge in [-0.05, 0) is 48.5 Å². The molecule has 0 bridgehead atoms. The first-order chi connectivity index (χ1) is 16.1. The molecule has 0 radical (unpaired) electrons. The summed E-state index contributed by atoms with van der Waals surface area (Å²) in [5, 5.41) is 2.91. The van der Waals surface area contributed by atoms with Gasteiger partial charge in [-0.1, -0.05) is 18.2 Å². The highest BCUT2D eigenvalue weighted by atomic mass is 16.6. The van der Waals surface area contributed by atoms with E-state index in [1.54, 1.807) is 18.2 Å². The minimum atomic E-state index is -0.371. The van der Waals surface area contributed by atoms with Crippen molar-refractivity contribution in [2.75, 3.05) is 37.5 Å². The van der Waals surface area contributed by atoms with Gasteiger partial charge in [0.25, 0.3) is 5.91 Å². The van der Waals surface area contributed by atoms with E-state index in [9.17, 15) is 4.79 Å². The van der Waals surface area contributed by atoms with E-state index in [0.29, 0.717) is 42.1 Å². The van der Waals surface area contributed by atoms with Crippen molar-refractivity contribution in [3.8, 4) is 34.3 Å². The molecule has 1 aromatic heterocycles. The summed E-state index contributed by atoms with van der Waals surface area (Å²) in [6, 6.07) is 22.6. The Bertz CT molecular complexity index is 1280. The Morgan fingerprint density at radius 1 is 0.879 bits per heavy atom. The number of anilines is 2. The molecule has 0 saturated heterocycles. The summed E-state index contributed by atoms with van der Waals surface area (Å²) >= 11 is 0. The molecule has 5 rings (SSSR count). The smallest absolute Gasteiger partial charge is 0.278 e. The summed E-state index contributed by atoms with van der Waals surface area (Å²) in [5.41, 5.74) is 3.40. The van der Waals surface area contributed by atoms with E-state index in [2.05, 4.69) is 10.3 Å². The van der Waals surface area contributed by atoms with Crippen molar-refractivity contribution in [2.24, 2.45) is 0 Å². The first-order valence-electron chi connectivity index (χ1n) is 10.6. The number of ether oxygens (including phenoxy) is 2. The van der Waals surface area contributed by atoms with Gasteiger partial charge in [-0.2, -0.15) is 0 Å². The summed E-state index contributed by atoms with van der Waals surface area (Å²) < 4.78 is 17.3. The summed E-state index contributed by atoms with van der Waals surface area (Å²) in [7, 11) is 3.95. The van der Waals surface area contributed by atoms with E-state index < -0.39 is 0 Å². The highest BCUT2D eigenvalue weighted by Gasteiger charge is 2.23. The zero-order valence-corrected chi connectivity index (χ0v) is 18.4. The van der Waals surface area contributed by atoms with Crippen molar-refractivity contribution in [3.63, 3.8) is 0 Å². The number of aromatic nitrogens is 1. The van der Waals surface area contributed by atoms with Gasteiger partial charge in [0.15, 0.2) is 23.0 Å². The quantitative estimate of drug-likeness (QED) is 0.464. The number of amides is 1. The standard InChI is InChI=1S/C26H23N3O4/c1-29(2)20-11-8-17(9-12-20)24-23(28-26(33-24)18-6-4-3-5-7-18)25(30)27-19-10-13-21-22(16-19)32-15-14-31-21/h3-13,16H,14-15H2,1-2H3,(H,27,30). The van der Waals surface area contributed by atoms with Crippen LogP contribution in [0, 0.1) is 0 Å². The molecule has 166 valence electrons. The Morgan fingerprint density at radius 3 is 2.33 bits per heavy atom. The van der Waals surface area contributed by atoms with Crippen LogP contribution in [-0.4, -0.2) is 38.2 Å². The molecule has 0 unspecified atom stereocenters. The second-order valence-electron chi connectivity index (χ2n) is 7.82. The second-order valence-corrected chi connectivity index (χ2v) is 7.82. The molecular weight excluding hydrogens is 418 g/mol. The topological polar surface area (TPSA) is 76.8 Å². The highest BCUT2D eigenvalue weighted by molar-refractivity contribution is 6.07. The number of hydrogen-bond acceptors (Lipinski definition) is 6. The SMILES string of the molecule is CN(C)c1ccc(-c2oc(-c3ccccc3)nc2C(=O)Nc2ccc3c(c2)OCCO3)cc1. The number of carbonyl (C=O) groups is 1. The molecular formula is C26H23N3O4. The van der Waals surface area contributed by atoms with Gasteiger partial charge in [0.2, 0.25) is 5.89 Å². The zero-order chi connectivity index (χ0) is 22.8. The summed E-state index contributed by atoms with van der Waals surface area (Å²) in [6.45, 7) is 0.983. The molecule has 1 aliphatic heterocycles. The van der Waals surface area contributed by atoms with Crippen LogP contribution in [0.3, 0.4) is 0 Å². The fourth-order valence-corrected chi connectivity index (χ4v) is 3.60. The number of oxazole rings is 1. The number of nitrogens with one attached hydrogen (secondary N) is 1. The van der Waals surface area contributed by atoms with E-state index in [1.165, 1.54) is 0 Å². The maximum atomic E-state index is 13.3. The van der Waals surface area contributed by atoms with E-state index in [1.807, 2.05) is 73.6 Å². The maximum Gasteiger partial charge on any atom is 0.278 e. The van der Waals surface area contributed by atoms with Gasteiger partial charge in [0, 0.05) is 42.7 Å². The molecule has 0 spiro atoms. The van der Waals surface area contributed by atoms with Gasteiger partial charge in [-0.3, -0.25) is 4.79 Å². The molecule has 0 fully saturated rings. The van der Waals surface area contributed by atoms with Crippen LogP contribution in [0.4, 0.5) is 11.4 Å². The molecule has 2 heterocycles. The molecule has 7 nitrogen and oxygen atoms in total. The van der Waals surface area contributed by atoms with Crippen LogP contribution in [0.25, 0.3) is 22.8 Å². The lowest BCUT2D eigenvalue weighted by atomic mass is 10.1. The third-order valence-corrected chi connectivity index (χ3v) is 5.31. The monoisotopic (exact) mass is 441 g/mol. The van der Waals surface area contributed by atoms with E-state index in [4.69, 9.17) is 13.9 Å². The predicted molar refractivity (Wildman–Crippen MR) is 127 cm³/mol. The van der Waals surface area contributed by atoms with Crippen molar-refractivity contribution in [3.05, 3.63) is 78.5 Å². The van der Waals surface area contributed by atoms with Crippen LogP contribution in [0.5, 0.6) is 11.5 Å². The van der Waals surface area contributed by atoms with Gasteiger partial charge in [-0.15, -0.1) is 0 Å². The number of nitrogens with zero attached hydrogens (tertiary/aromatic N) is 2. The number of rotatable bonds is 5. The first kappa shape index (κ1) is 20.6. The largest absolute Gasteiger partial charge is 0.486 e. The van der Waals surface area contributed by atoms with E-state index >= 15 is 0 Å². The van der Waals surface area contributed by atoms with Crippen LogP contribution < -0.4 is 19.7 Å². The fraction of sp³-hybridized carbons (Fsp3) is 0.154. The molecule has 1 amide bonds. The molecule has 33 heavy (non-hydrogen) atoms. The minimum absolute atomic E-state index is 0.210. The number of hydrogen-bond donors (Lipinski definition) is 1. The highest BCUT2D eigenvalue weighted by Crippen LogP contribution is 2.34. The van der Waals surface area contributed by atoms with Crippen molar-refractivity contribution >= 4 is 17.3 Å². The second kappa shape index (κ2) is 8.70. The lowest BCUT2D eigenvalue weighted by Crippen LogP contribution is -2.17. The van der Waals surface area contributed by atoms with Gasteiger partial charge < -0.3 is 24.1 Å². The third-order valence-electron chi connectivity index (χ3n) is 5.31. The van der Waals surface area contributed by atoms with Gasteiger partial charge in [0.05, 0.1) is 0 Å². The van der Waals surface area contributed by atoms with Crippen LogP contribution in [0.1, 0.15) is 10.5 Å². The molecule has 4 aromatic rings. The molecule has 3 aromatic carbocycles. The predicted octanol–water partition coefficient (Wildman–Crippen LogP) is 5.10. The van der Waals surface area contributed by atoms with Crippen molar-refractivity contribution in [2.45, 2.75) is 0 Å². The lowest BCUT2D eigenvalue weighted by Gasteiger charge is -2.18. The zero-order valence-electron chi connectivity index (χ0n) is 18.4. The summed E-state index contributed by atoms with van der Waals surface area (Å²) in [6.07, 6.45) is 0. The average molecular weight is 441 g/mol. The van der Waals surface area contributed by atoms with Crippen LogP contribution in [0.15, 0.2) is 77.2 Å². The molecule has 1 N–H and O–H groups in total. The number of fused-ring (bicyclic) bond motifs is 1. The maximum absolute atomic E-state index is 13.3. The summed E-state index contributed by atoms with van der Waals surface area (Å²) in [4.78, 5) is 19.8. The first-order valence-corrected chi connectivity index (χ1v) is 10.6. The molecule has 0 aliphatic carbocycles. The normalized spacial score (nSPS) is 12.3. The van der Waals surface area contributed by atoms with Crippen molar-refractivity contribution in [1.29, 1.82) is 0 Å². The van der Waals surface area contributed by atoms with Crippen LogP contribution in [-0.2, 0) is 0 Å². The Labute approximate surface area is 191 Å². The third kappa shape index (κ3) is 4.25. The molecule has 7 heteroatoms. The average Bonchev–Trinajstić information content (AvgIpc) is 3.30. The van der Waals surface area contributed by atoms with Crippen molar-refractivity contribution in [1.82, 2.24) is 4.98 Å². The molecule has 0 atom stereocenters. The molecule has 0 saturated carbocycles. The Balaban J connectivity index is 1.51. The van der Waals surface area contributed by atoms with E-state index in [-0.39, 0.29) is 11.6 Å².